The third kappa shape index (κ3) is 2.51. The number of amides is 1. The number of hydrogen-bond acceptors (Lipinski definition) is 4. The van der Waals surface area contributed by atoms with Gasteiger partial charge in [0, 0.05) is 7.11 Å². The molecular weight excluding hydrogens is 184 g/mol. The summed E-state index contributed by atoms with van der Waals surface area (Å²) in [5.74, 6) is -0.613. The molecule has 0 spiro atoms. The van der Waals surface area contributed by atoms with Gasteiger partial charge in [-0.25, -0.2) is 4.98 Å². The van der Waals surface area contributed by atoms with Gasteiger partial charge in [0.2, 0.25) is 0 Å². The van der Waals surface area contributed by atoms with Crippen molar-refractivity contribution in [3.63, 3.8) is 0 Å². The fraction of sp³-hybridized carbons (Fsp3) is 0.333. The molecule has 1 aromatic heterocycles. The maximum atomic E-state index is 10.9. The van der Waals surface area contributed by atoms with E-state index in [0.29, 0.717) is 12.3 Å². The maximum Gasteiger partial charge on any atom is 0.267 e. The number of aliphatic hydroxyl groups excluding tert-OH is 1. The summed E-state index contributed by atoms with van der Waals surface area (Å²) in [5, 5.41) is 8.88. The quantitative estimate of drug-likeness (QED) is 0.699. The van der Waals surface area contributed by atoms with Crippen LogP contribution in [0.5, 0.6) is 0 Å². The molecule has 1 aromatic rings. The maximum absolute atomic E-state index is 10.9. The molecule has 1 amide bonds. The van der Waals surface area contributed by atoms with E-state index < -0.39 is 5.91 Å². The number of aliphatic hydroxyl groups is 1. The van der Waals surface area contributed by atoms with E-state index in [0.717, 1.165) is 5.56 Å². The van der Waals surface area contributed by atoms with Crippen molar-refractivity contribution in [3.8, 4) is 0 Å². The van der Waals surface area contributed by atoms with Gasteiger partial charge in [-0.15, -0.1) is 0 Å². The van der Waals surface area contributed by atoms with Crippen LogP contribution >= 0.6 is 0 Å². The first-order valence-corrected chi connectivity index (χ1v) is 4.06. The second-order valence-corrected chi connectivity index (χ2v) is 2.81. The van der Waals surface area contributed by atoms with Crippen LogP contribution in [-0.4, -0.2) is 23.1 Å². The Bertz CT molecular complexity index is 339. The zero-order chi connectivity index (χ0) is 10.6. The summed E-state index contributed by atoms with van der Waals surface area (Å²) in [5.41, 5.74) is 6.40. The van der Waals surface area contributed by atoms with Crippen LogP contribution in [0.25, 0.3) is 0 Å². The third-order valence-electron chi connectivity index (χ3n) is 1.66. The van der Waals surface area contributed by atoms with Gasteiger partial charge in [0.05, 0.1) is 18.9 Å². The van der Waals surface area contributed by atoms with E-state index in [-0.39, 0.29) is 12.3 Å². The number of ether oxygens (including phenoxy) is 1. The summed E-state index contributed by atoms with van der Waals surface area (Å²) in [6.07, 6.45) is 0. The van der Waals surface area contributed by atoms with Gasteiger partial charge in [-0.1, -0.05) is 0 Å². The Balaban J connectivity index is 3.06. The molecule has 5 heteroatoms. The minimum atomic E-state index is -0.613. The van der Waals surface area contributed by atoms with Crippen molar-refractivity contribution in [1.29, 1.82) is 0 Å². The van der Waals surface area contributed by atoms with Gasteiger partial charge in [0.25, 0.3) is 5.91 Å². The molecule has 1 heterocycles. The van der Waals surface area contributed by atoms with Crippen LogP contribution < -0.4 is 5.73 Å². The first-order chi connectivity index (χ1) is 6.67. The third-order valence-corrected chi connectivity index (χ3v) is 1.66. The number of methoxy groups -OCH3 is 1. The summed E-state index contributed by atoms with van der Waals surface area (Å²) < 4.78 is 4.90. The van der Waals surface area contributed by atoms with Crippen molar-refractivity contribution in [2.24, 2.45) is 5.73 Å². The highest BCUT2D eigenvalue weighted by atomic mass is 16.5. The van der Waals surface area contributed by atoms with Crippen LogP contribution in [0.2, 0.25) is 0 Å². The number of aromatic nitrogens is 1. The minimum absolute atomic E-state index is 0.142. The molecule has 5 nitrogen and oxygen atoms in total. The van der Waals surface area contributed by atoms with Gasteiger partial charge in [0.1, 0.15) is 5.69 Å². The number of primary amides is 1. The summed E-state index contributed by atoms with van der Waals surface area (Å²) in [7, 11) is 1.54. The van der Waals surface area contributed by atoms with Gasteiger partial charge in [-0.05, 0) is 17.7 Å². The Hall–Kier alpha value is -1.46. The molecule has 0 bridgehead atoms. The number of pyridine rings is 1. The number of nitrogens with two attached hydrogens (primary N) is 1. The highest BCUT2D eigenvalue weighted by Gasteiger charge is 2.06. The van der Waals surface area contributed by atoms with Crippen LogP contribution in [0.15, 0.2) is 12.1 Å². The largest absolute Gasteiger partial charge is 0.390 e. The van der Waals surface area contributed by atoms with Crippen molar-refractivity contribution < 1.29 is 14.6 Å². The Morgan fingerprint density at radius 1 is 1.64 bits per heavy atom. The van der Waals surface area contributed by atoms with Crippen LogP contribution in [0.3, 0.4) is 0 Å². The number of hydrogen-bond donors (Lipinski definition) is 2. The summed E-state index contributed by atoms with van der Waals surface area (Å²) in [6.45, 7) is 0.133. The Morgan fingerprint density at radius 2 is 2.36 bits per heavy atom. The molecule has 0 aliphatic rings. The van der Waals surface area contributed by atoms with E-state index in [1.165, 1.54) is 0 Å². The van der Waals surface area contributed by atoms with E-state index in [4.69, 9.17) is 15.6 Å². The minimum Gasteiger partial charge on any atom is -0.390 e. The van der Waals surface area contributed by atoms with Crippen molar-refractivity contribution in [1.82, 2.24) is 4.98 Å². The van der Waals surface area contributed by atoms with Crippen LogP contribution in [-0.2, 0) is 18.0 Å². The molecule has 0 aliphatic carbocycles. The number of rotatable bonds is 4. The first kappa shape index (κ1) is 10.6. The summed E-state index contributed by atoms with van der Waals surface area (Å²) >= 11 is 0. The van der Waals surface area contributed by atoms with Crippen molar-refractivity contribution in [3.05, 3.63) is 29.1 Å². The molecular formula is C9H12N2O3. The second kappa shape index (κ2) is 4.69. The standard InChI is InChI=1S/C9H12N2O3/c1-14-5-6-2-7(4-12)11-8(3-6)9(10)13/h2-3,12H,4-5H2,1H3,(H2,10,13). The molecule has 1 rings (SSSR count). The predicted octanol–water partition coefficient (Wildman–Crippen LogP) is -0.181. The van der Waals surface area contributed by atoms with Crippen molar-refractivity contribution in [2.75, 3.05) is 7.11 Å². The van der Waals surface area contributed by atoms with Gasteiger partial charge >= 0.3 is 0 Å². The topological polar surface area (TPSA) is 85.4 Å². The van der Waals surface area contributed by atoms with E-state index >= 15 is 0 Å². The lowest BCUT2D eigenvalue weighted by molar-refractivity contribution is 0.0994. The second-order valence-electron chi connectivity index (χ2n) is 2.81. The van der Waals surface area contributed by atoms with Gasteiger partial charge in [0.15, 0.2) is 0 Å². The van der Waals surface area contributed by atoms with Crippen LogP contribution in [0.1, 0.15) is 21.7 Å². The van der Waals surface area contributed by atoms with Crippen LogP contribution in [0, 0.1) is 0 Å². The average molecular weight is 196 g/mol. The average Bonchev–Trinajstić information content (AvgIpc) is 2.17. The molecule has 0 aliphatic heterocycles. The molecule has 0 aromatic carbocycles. The fourth-order valence-corrected chi connectivity index (χ4v) is 1.11. The number of nitrogens with zero attached hydrogens (tertiary/aromatic N) is 1. The lowest BCUT2D eigenvalue weighted by Crippen LogP contribution is -2.14. The molecule has 0 atom stereocenters. The van der Waals surface area contributed by atoms with Crippen LogP contribution in [0.4, 0.5) is 0 Å². The zero-order valence-electron chi connectivity index (χ0n) is 7.86. The lowest BCUT2D eigenvalue weighted by atomic mass is 10.2. The summed E-state index contributed by atoms with van der Waals surface area (Å²) in [6, 6.07) is 3.21. The molecule has 0 saturated carbocycles. The predicted molar refractivity (Wildman–Crippen MR) is 49.4 cm³/mol. The van der Waals surface area contributed by atoms with E-state index in [1.807, 2.05) is 0 Å². The van der Waals surface area contributed by atoms with Gasteiger partial charge in [-0.2, -0.15) is 0 Å². The van der Waals surface area contributed by atoms with E-state index in [1.54, 1.807) is 19.2 Å². The molecule has 76 valence electrons. The Morgan fingerprint density at radius 3 is 2.86 bits per heavy atom. The highest BCUT2D eigenvalue weighted by Crippen LogP contribution is 2.07. The molecule has 0 radical (unpaired) electrons. The lowest BCUT2D eigenvalue weighted by Gasteiger charge is -2.04. The molecule has 0 fully saturated rings. The molecule has 14 heavy (non-hydrogen) atoms. The fourth-order valence-electron chi connectivity index (χ4n) is 1.11. The van der Waals surface area contributed by atoms with Crippen molar-refractivity contribution in [2.45, 2.75) is 13.2 Å². The molecule has 3 N–H and O–H groups in total. The molecule has 0 unspecified atom stereocenters. The number of carbonyl (C=O) groups excluding carboxylic acids is 1. The van der Waals surface area contributed by atoms with E-state index in [2.05, 4.69) is 4.98 Å². The number of carbonyl (C=O) groups is 1. The van der Waals surface area contributed by atoms with Crippen molar-refractivity contribution >= 4 is 5.91 Å². The van der Waals surface area contributed by atoms with E-state index in [9.17, 15) is 4.79 Å². The first-order valence-electron chi connectivity index (χ1n) is 4.06. The van der Waals surface area contributed by atoms with Gasteiger partial charge < -0.3 is 15.6 Å². The van der Waals surface area contributed by atoms with Gasteiger partial charge in [-0.3, -0.25) is 4.79 Å². The highest BCUT2D eigenvalue weighted by molar-refractivity contribution is 5.90. The SMILES string of the molecule is COCc1cc(CO)nc(C(N)=O)c1. The smallest absolute Gasteiger partial charge is 0.267 e. The zero-order valence-corrected chi connectivity index (χ0v) is 7.86. The normalized spacial score (nSPS) is 10.1. The molecule has 0 saturated heterocycles. The monoisotopic (exact) mass is 196 g/mol. The Labute approximate surface area is 81.5 Å². The summed E-state index contributed by atoms with van der Waals surface area (Å²) in [4.78, 5) is 14.7. The Kier molecular flexibility index (Phi) is 3.55.